The number of halogens is 2. The summed E-state index contributed by atoms with van der Waals surface area (Å²) < 4.78 is 24.6. The van der Waals surface area contributed by atoms with Crippen molar-refractivity contribution >= 4 is 0 Å². The fraction of sp³-hybridized carbons (Fsp3) is 0.500. The highest BCUT2D eigenvalue weighted by Gasteiger charge is 2.22. The van der Waals surface area contributed by atoms with E-state index >= 15 is 0 Å². The molecule has 1 aromatic rings. The Kier molecular flexibility index (Phi) is 3.45. The van der Waals surface area contributed by atoms with Crippen LogP contribution >= 0.6 is 0 Å². The molecule has 0 saturated heterocycles. The minimum absolute atomic E-state index is 0.0415. The molecule has 2 N–H and O–H groups in total. The van der Waals surface area contributed by atoms with E-state index in [0.717, 1.165) is 5.56 Å². The summed E-state index contributed by atoms with van der Waals surface area (Å²) in [4.78, 5) is 0. The Morgan fingerprint density at radius 1 is 1.00 bits per heavy atom. The topological polar surface area (TPSA) is 26.0 Å². The lowest BCUT2D eigenvalue weighted by Gasteiger charge is -2.27. The maximum atomic E-state index is 12.3. The van der Waals surface area contributed by atoms with Crippen LogP contribution in [0.2, 0.25) is 0 Å². The first kappa shape index (κ1) is 12.1. The van der Waals surface area contributed by atoms with E-state index in [-0.39, 0.29) is 17.0 Å². The monoisotopic (exact) mass is 213 g/mol. The molecule has 0 aliphatic carbocycles. The second-order valence-corrected chi connectivity index (χ2v) is 4.81. The average Bonchev–Trinajstić information content (AvgIpc) is 2.15. The molecule has 1 nitrogen and oxygen atoms in total. The Morgan fingerprint density at radius 3 is 1.73 bits per heavy atom. The van der Waals surface area contributed by atoms with E-state index in [4.69, 9.17) is 5.73 Å². The zero-order chi connectivity index (χ0) is 11.6. The molecule has 0 fully saturated rings. The van der Waals surface area contributed by atoms with Gasteiger partial charge in [-0.2, -0.15) is 0 Å². The van der Waals surface area contributed by atoms with Gasteiger partial charge in [0.1, 0.15) is 0 Å². The average molecular weight is 213 g/mol. The van der Waals surface area contributed by atoms with Gasteiger partial charge in [-0.25, -0.2) is 8.78 Å². The lowest BCUT2D eigenvalue weighted by molar-refractivity contribution is 0.151. The molecule has 0 spiro atoms. The lowest BCUT2D eigenvalue weighted by atomic mass is 9.83. The van der Waals surface area contributed by atoms with E-state index in [2.05, 4.69) is 0 Å². The molecular formula is C12H17F2N. The molecule has 0 radical (unpaired) electrons. The second kappa shape index (κ2) is 4.27. The summed E-state index contributed by atoms with van der Waals surface area (Å²) >= 11 is 0. The first-order valence-electron chi connectivity index (χ1n) is 4.96. The SMILES string of the molecule is CC(C)(C)[C@@H](N)c1ccc(C(F)F)cc1. The summed E-state index contributed by atoms with van der Waals surface area (Å²) in [7, 11) is 0. The maximum Gasteiger partial charge on any atom is 0.263 e. The van der Waals surface area contributed by atoms with Crippen LogP contribution in [0.5, 0.6) is 0 Å². The number of hydrogen-bond acceptors (Lipinski definition) is 1. The van der Waals surface area contributed by atoms with Crippen LogP contribution in [0, 0.1) is 5.41 Å². The number of rotatable bonds is 2. The van der Waals surface area contributed by atoms with E-state index in [0.29, 0.717) is 0 Å². The minimum Gasteiger partial charge on any atom is -0.324 e. The second-order valence-electron chi connectivity index (χ2n) is 4.81. The van der Waals surface area contributed by atoms with Crippen LogP contribution in [0.15, 0.2) is 24.3 Å². The van der Waals surface area contributed by atoms with Crippen LogP contribution in [0.1, 0.15) is 44.4 Å². The summed E-state index contributed by atoms with van der Waals surface area (Å²) in [6.07, 6.45) is -2.41. The van der Waals surface area contributed by atoms with Crippen molar-refractivity contribution in [3.63, 3.8) is 0 Å². The summed E-state index contributed by atoms with van der Waals surface area (Å²) in [5.41, 5.74) is 6.88. The van der Waals surface area contributed by atoms with Crippen LogP contribution in [-0.4, -0.2) is 0 Å². The summed E-state index contributed by atoms with van der Waals surface area (Å²) in [5, 5.41) is 0. The molecule has 1 atom stereocenters. The smallest absolute Gasteiger partial charge is 0.263 e. The predicted molar refractivity (Wildman–Crippen MR) is 57.8 cm³/mol. The van der Waals surface area contributed by atoms with Crippen molar-refractivity contribution in [3.05, 3.63) is 35.4 Å². The molecule has 0 amide bonds. The van der Waals surface area contributed by atoms with Crippen LogP contribution in [0.4, 0.5) is 8.78 Å². The molecular weight excluding hydrogens is 196 g/mol. The standard InChI is InChI=1S/C12H17F2N/c1-12(2,3)10(15)8-4-6-9(7-5-8)11(13)14/h4-7,10-11H,15H2,1-3H3/t10-/m0/s1. The molecule has 0 aliphatic heterocycles. The molecule has 15 heavy (non-hydrogen) atoms. The van der Waals surface area contributed by atoms with Gasteiger partial charge in [0.05, 0.1) is 0 Å². The summed E-state index contributed by atoms with van der Waals surface area (Å²) in [6, 6.07) is 6.09. The van der Waals surface area contributed by atoms with E-state index < -0.39 is 6.43 Å². The van der Waals surface area contributed by atoms with Gasteiger partial charge in [-0.15, -0.1) is 0 Å². The molecule has 0 unspecified atom stereocenters. The Morgan fingerprint density at radius 2 is 1.40 bits per heavy atom. The van der Waals surface area contributed by atoms with E-state index in [1.165, 1.54) is 12.1 Å². The zero-order valence-corrected chi connectivity index (χ0v) is 9.30. The Balaban J connectivity index is 2.89. The van der Waals surface area contributed by atoms with Gasteiger partial charge in [-0.05, 0) is 11.0 Å². The van der Waals surface area contributed by atoms with E-state index in [9.17, 15) is 8.78 Å². The van der Waals surface area contributed by atoms with Gasteiger partial charge in [0, 0.05) is 11.6 Å². The van der Waals surface area contributed by atoms with Crippen LogP contribution in [0.25, 0.3) is 0 Å². The normalized spacial score (nSPS) is 14.3. The fourth-order valence-electron chi connectivity index (χ4n) is 1.35. The van der Waals surface area contributed by atoms with Crippen molar-refractivity contribution in [3.8, 4) is 0 Å². The van der Waals surface area contributed by atoms with Crippen molar-refractivity contribution < 1.29 is 8.78 Å². The van der Waals surface area contributed by atoms with E-state index in [1.807, 2.05) is 20.8 Å². The van der Waals surface area contributed by atoms with Gasteiger partial charge in [-0.1, -0.05) is 45.0 Å². The zero-order valence-electron chi connectivity index (χ0n) is 9.30. The third-order valence-corrected chi connectivity index (χ3v) is 2.48. The Labute approximate surface area is 89.3 Å². The van der Waals surface area contributed by atoms with Crippen molar-refractivity contribution in [2.45, 2.75) is 33.2 Å². The quantitative estimate of drug-likeness (QED) is 0.797. The molecule has 1 rings (SSSR count). The molecule has 0 aliphatic rings. The van der Waals surface area contributed by atoms with Gasteiger partial charge in [0.2, 0.25) is 0 Å². The Bertz CT molecular complexity index is 311. The number of benzene rings is 1. The molecule has 84 valence electrons. The van der Waals surface area contributed by atoms with Gasteiger partial charge in [-0.3, -0.25) is 0 Å². The number of alkyl halides is 2. The number of nitrogens with two attached hydrogens (primary N) is 1. The van der Waals surface area contributed by atoms with Gasteiger partial charge in [0.15, 0.2) is 0 Å². The summed E-state index contributed by atoms with van der Waals surface area (Å²) in [6.45, 7) is 6.08. The third-order valence-electron chi connectivity index (χ3n) is 2.48. The minimum atomic E-state index is -2.41. The molecule has 3 heteroatoms. The van der Waals surface area contributed by atoms with Crippen molar-refractivity contribution in [2.75, 3.05) is 0 Å². The van der Waals surface area contributed by atoms with E-state index in [1.54, 1.807) is 12.1 Å². The molecule has 0 aromatic heterocycles. The van der Waals surface area contributed by atoms with Crippen LogP contribution < -0.4 is 5.73 Å². The molecule has 0 saturated carbocycles. The highest BCUT2D eigenvalue weighted by molar-refractivity contribution is 5.26. The van der Waals surface area contributed by atoms with Crippen molar-refractivity contribution in [1.29, 1.82) is 0 Å². The largest absolute Gasteiger partial charge is 0.324 e. The molecule has 1 aromatic carbocycles. The Hall–Kier alpha value is -0.960. The van der Waals surface area contributed by atoms with Gasteiger partial charge in [0.25, 0.3) is 6.43 Å². The van der Waals surface area contributed by atoms with Gasteiger partial charge >= 0.3 is 0 Å². The van der Waals surface area contributed by atoms with Crippen molar-refractivity contribution in [1.82, 2.24) is 0 Å². The van der Waals surface area contributed by atoms with Crippen molar-refractivity contribution in [2.24, 2.45) is 11.1 Å². The molecule has 0 heterocycles. The number of hydrogen-bond donors (Lipinski definition) is 1. The highest BCUT2D eigenvalue weighted by Crippen LogP contribution is 2.31. The third kappa shape index (κ3) is 2.99. The lowest BCUT2D eigenvalue weighted by Crippen LogP contribution is -2.26. The first-order chi connectivity index (χ1) is 6.82. The summed E-state index contributed by atoms with van der Waals surface area (Å²) in [5.74, 6) is 0. The van der Waals surface area contributed by atoms with Gasteiger partial charge < -0.3 is 5.73 Å². The molecule has 0 bridgehead atoms. The maximum absolute atomic E-state index is 12.3. The fourth-order valence-corrected chi connectivity index (χ4v) is 1.35. The highest BCUT2D eigenvalue weighted by atomic mass is 19.3. The van der Waals surface area contributed by atoms with Crippen LogP contribution in [0.3, 0.4) is 0 Å². The van der Waals surface area contributed by atoms with Crippen LogP contribution in [-0.2, 0) is 0 Å². The predicted octanol–water partition coefficient (Wildman–Crippen LogP) is 3.67. The first-order valence-corrected chi connectivity index (χ1v) is 4.96.